The lowest BCUT2D eigenvalue weighted by atomic mass is 10.1. The zero-order valence-corrected chi connectivity index (χ0v) is 20.3. The molecule has 1 N–H and O–H groups in total. The fourth-order valence-corrected chi connectivity index (χ4v) is 3.92. The molecule has 1 fully saturated rings. The van der Waals surface area contributed by atoms with Crippen LogP contribution in [0.25, 0.3) is 0 Å². The monoisotopic (exact) mass is 510 g/mol. The molecule has 0 spiro atoms. The Morgan fingerprint density at radius 2 is 2.06 bits per heavy atom. The van der Waals surface area contributed by atoms with Crippen molar-refractivity contribution in [3.63, 3.8) is 0 Å². The summed E-state index contributed by atoms with van der Waals surface area (Å²) in [5, 5.41) is 0.708. The summed E-state index contributed by atoms with van der Waals surface area (Å²) in [7, 11) is 0. The lowest BCUT2D eigenvalue weighted by molar-refractivity contribution is -0.147. The molecule has 182 valence electrons. The van der Waals surface area contributed by atoms with E-state index < -0.39 is 41.8 Å². The van der Waals surface area contributed by atoms with Crippen LogP contribution in [0.4, 0.5) is 0 Å². The van der Waals surface area contributed by atoms with Gasteiger partial charge < -0.3 is 14.2 Å². The standard InChI is InChI=1S/C23H24Cl2N2O7/c1-4-14-11-27(23(31)26-22(14)30)21-10-20(33-13(3)28)19(34-21)8-6-17(29)12(2)32-18-7-5-15(24)9-16(18)25/h5-9,11-12,19-21H,4,10H2,1-3H3,(H,26,30,31)/t12?,19-,20+,21-/m1/s1. The molecular weight excluding hydrogens is 487 g/mol. The Labute approximate surface area is 205 Å². The van der Waals surface area contributed by atoms with Crippen LogP contribution in [0.5, 0.6) is 5.75 Å². The molecule has 0 saturated carbocycles. The van der Waals surface area contributed by atoms with Gasteiger partial charge in [-0.25, -0.2) is 4.79 Å². The first-order valence-electron chi connectivity index (χ1n) is 10.6. The van der Waals surface area contributed by atoms with Gasteiger partial charge in [0.25, 0.3) is 5.56 Å². The molecule has 1 aromatic carbocycles. The van der Waals surface area contributed by atoms with Crippen molar-refractivity contribution >= 4 is 35.0 Å². The van der Waals surface area contributed by atoms with Crippen LogP contribution in [0, 0.1) is 0 Å². The highest BCUT2D eigenvalue weighted by molar-refractivity contribution is 6.35. The highest BCUT2D eigenvalue weighted by Crippen LogP contribution is 2.31. The molecule has 1 aliphatic heterocycles. The van der Waals surface area contributed by atoms with Gasteiger partial charge in [0, 0.05) is 30.1 Å². The molecule has 11 heteroatoms. The number of aromatic amines is 1. The lowest BCUT2D eigenvalue weighted by Crippen LogP contribution is -2.34. The van der Waals surface area contributed by atoms with Crippen LogP contribution in [0.15, 0.2) is 46.1 Å². The number of benzene rings is 1. The van der Waals surface area contributed by atoms with Gasteiger partial charge in [-0.1, -0.05) is 30.1 Å². The van der Waals surface area contributed by atoms with Gasteiger partial charge in [-0.3, -0.25) is 23.9 Å². The molecule has 1 aromatic heterocycles. The van der Waals surface area contributed by atoms with E-state index in [0.29, 0.717) is 22.8 Å². The summed E-state index contributed by atoms with van der Waals surface area (Å²) in [6.07, 6.45) is 1.53. The molecule has 0 aliphatic carbocycles. The van der Waals surface area contributed by atoms with E-state index in [2.05, 4.69) is 4.98 Å². The quantitative estimate of drug-likeness (QED) is 0.427. The third-order valence-corrected chi connectivity index (χ3v) is 5.74. The Morgan fingerprint density at radius 1 is 1.32 bits per heavy atom. The number of carbonyl (C=O) groups is 2. The number of carbonyl (C=O) groups excluding carboxylic acids is 2. The van der Waals surface area contributed by atoms with Crippen LogP contribution >= 0.6 is 23.2 Å². The summed E-state index contributed by atoms with van der Waals surface area (Å²) >= 11 is 12.0. The molecule has 1 saturated heterocycles. The summed E-state index contributed by atoms with van der Waals surface area (Å²) in [5.74, 6) is -0.607. The Balaban J connectivity index is 1.76. The largest absolute Gasteiger partial charge is 0.481 e. The number of hydrogen-bond acceptors (Lipinski definition) is 7. The molecule has 1 unspecified atom stereocenters. The van der Waals surface area contributed by atoms with Crippen LogP contribution < -0.4 is 16.0 Å². The fourth-order valence-electron chi connectivity index (χ4n) is 3.47. The summed E-state index contributed by atoms with van der Waals surface area (Å²) < 4.78 is 18.1. The summed E-state index contributed by atoms with van der Waals surface area (Å²) in [6.45, 7) is 4.60. The lowest BCUT2D eigenvalue weighted by Gasteiger charge is -2.16. The Kier molecular flexibility index (Phi) is 8.35. The SMILES string of the molecule is CCc1cn([C@H]2C[C@H](OC(C)=O)[C@@H](C=CC(=O)C(C)Oc3ccc(Cl)cc3Cl)O2)c(=O)[nH]c1=O. The van der Waals surface area contributed by atoms with E-state index in [4.69, 9.17) is 37.4 Å². The molecule has 1 aliphatic rings. The first-order chi connectivity index (χ1) is 16.1. The van der Waals surface area contributed by atoms with Crippen LogP contribution in [-0.2, 0) is 25.5 Å². The number of aryl methyl sites for hydroxylation is 1. The number of aromatic nitrogens is 2. The molecule has 4 atom stereocenters. The molecule has 9 nitrogen and oxygen atoms in total. The van der Waals surface area contributed by atoms with Crippen LogP contribution in [0.1, 0.15) is 39.0 Å². The topological polar surface area (TPSA) is 117 Å². The van der Waals surface area contributed by atoms with Crippen LogP contribution in [-0.4, -0.2) is 39.6 Å². The Bertz CT molecular complexity index is 1220. The molecular formula is C23H24Cl2N2O7. The molecule has 0 radical (unpaired) electrons. The second kappa shape index (κ2) is 11.0. The van der Waals surface area contributed by atoms with Crippen molar-refractivity contribution in [2.45, 2.75) is 58.2 Å². The van der Waals surface area contributed by atoms with E-state index in [0.717, 1.165) is 0 Å². The number of nitrogens with zero attached hydrogens (tertiary/aromatic N) is 1. The van der Waals surface area contributed by atoms with Crippen molar-refractivity contribution in [2.75, 3.05) is 0 Å². The van der Waals surface area contributed by atoms with Crippen molar-refractivity contribution < 1.29 is 23.8 Å². The van der Waals surface area contributed by atoms with Gasteiger partial charge in [-0.05, 0) is 43.7 Å². The Morgan fingerprint density at radius 3 is 2.71 bits per heavy atom. The number of halogens is 2. The van der Waals surface area contributed by atoms with Gasteiger partial charge in [0.15, 0.2) is 11.9 Å². The van der Waals surface area contributed by atoms with Gasteiger partial charge in [0.2, 0.25) is 0 Å². The molecule has 3 rings (SSSR count). The Hall–Kier alpha value is -2.88. The summed E-state index contributed by atoms with van der Waals surface area (Å²) in [5.41, 5.74) is -0.695. The van der Waals surface area contributed by atoms with E-state index in [1.165, 1.54) is 35.9 Å². The van der Waals surface area contributed by atoms with E-state index in [1.54, 1.807) is 26.0 Å². The van der Waals surface area contributed by atoms with Gasteiger partial charge in [0.1, 0.15) is 24.2 Å². The number of rotatable bonds is 8. The highest BCUT2D eigenvalue weighted by Gasteiger charge is 2.38. The molecule has 2 heterocycles. The maximum Gasteiger partial charge on any atom is 0.330 e. The van der Waals surface area contributed by atoms with Crippen LogP contribution in [0.2, 0.25) is 10.0 Å². The van der Waals surface area contributed by atoms with E-state index >= 15 is 0 Å². The zero-order valence-electron chi connectivity index (χ0n) is 18.7. The predicted molar refractivity (Wildman–Crippen MR) is 125 cm³/mol. The van der Waals surface area contributed by atoms with Crippen molar-refractivity contribution in [3.8, 4) is 5.75 Å². The second-order valence-electron chi connectivity index (χ2n) is 7.71. The smallest absolute Gasteiger partial charge is 0.330 e. The fraction of sp³-hybridized carbons (Fsp3) is 0.391. The first kappa shape index (κ1) is 25.7. The predicted octanol–water partition coefficient (Wildman–Crippen LogP) is 3.22. The van der Waals surface area contributed by atoms with Gasteiger partial charge in [0.05, 0.1) is 5.02 Å². The maximum absolute atomic E-state index is 12.6. The third-order valence-electron chi connectivity index (χ3n) is 5.21. The van der Waals surface area contributed by atoms with E-state index in [-0.39, 0.29) is 17.2 Å². The highest BCUT2D eigenvalue weighted by atomic mass is 35.5. The molecule has 0 bridgehead atoms. The molecule has 2 aromatic rings. The minimum Gasteiger partial charge on any atom is -0.481 e. The van der Waals surface area contributed by atoms with E-state index in [1.807, 2.05) is 0 Å². The van der Waals surface area contributed by atoms with E-state index in [9.17, 15) is 19.2 Å². The van der Waals surface area contributed by atoms with Crippen molar-refractivity contribution in [2.24, 2.45) is 0 Å². The number of H-pyrrole nitrogens is 1. The van der Waals surface area contributed by atoms with Crippen molar-refractivity contribution in [1.82, 2.24) is 9.55 Å². The average molecular weight is 511 g/mol. The second-order valence-corrected chi connectivity index (χ2v) is 8.55. The number of hydrogen-bond donors (Lipinski definition) is 1. The van der Waals surface area contributed by atoms with Crippen molar-refractivity contribution in [1.29, 1.82) is 0 Å². The average Bonchev–Trinajstić information content (AvgIpc) is 3.15. The number of ether oxygens (including phenoxy) is 3. The first-order valence-corrected chi connectivity index (χ1v) is 11.4. The van der Waals surface area contributed by atoms with Crippen LogP contribution in [0.3, 0.4) is 0 Å². The zero-order chi connectivity index (χ0) is 25.0. The normalized spacial score (nSPS) is 20.9. The third kappa shape index (κ3) is 6.16. The summed E-state index contributed by atoms with van der Waals surface area (Å²) in [6, 6.07) is 4.66. The number of ketones is 1. The minimum atomic E-state index is -0.867. The maximum atomic E-state index is 12.6. The van der Waals surface area contributed by atoms with Crippen molar-refractivity contribution in [3.05, 3.63) is 73.0 Å². The molecule has 0 amide bonds. The summed E-state index contributed by atoms with van der Waals surface area (Å²) in [4.78, 5) is 50.6. The van der Waals surface area contributed by atoms with Gasteiger partial charge in [-0.2, -0.15) is 0 Å². The minimum absolute atomic E-state index is 0.157. The number of esters is 1. The van der Waals surface area contributed by atoms with Gasteiger partial charge in [-0.15, -0.1) is 0 Å². The van der Waals surface area contributed by atoms with Gasteiger partial charge >= 0.3 is 11.7 Å². The number of nitrogens with one attached hydrogen (secondary N) is 1. The molecule has 34 heavy (non-hydrogen) atoms.